The molecule has 0 N–H and O–H groups in total. The van der Waals surface area contributed by atoms with Gasteiger partial charge in [-0.25, -0.2) is 4.98 Å². The number of nitrogens with zero attached hydrogens (tertiary/aromatic N) is 3. The predicted octanol–water partition coefficient (Wildman–Crippen LogP) is 2.00. The van der Waals surface area contributed by atoms with Crippen molar-refractivity contribution >= 4 is 27.5 Å². The number of thiophene rings is 1. The Kier molecular flexibility index (Phi) is 5.50. The molecule has 0 unspecified atom stereocenters. The summed E-state index contributed by atoms with van der Waals surface area (Å²) < 4.78 is 17.3. The molecule has 9 heteroatoms. The normalized spacial score (nSPS) is 14.2. The van der Waals surface area contributed by atoms with Gasteiger partial charge in [-0.2, -0.15) is 0 Å². The number of benzene rings is 1. The highest BCUT2D eigenvalue weighted by atomic mass is 32.1. The highest BCUT2D eigenvalue weighted by Gasteiger charge is 2.20. The van der Waals surface area contributed by atoms with E-state index in [9.17, 15) is 9.59 Å². The standard InChI is InChI=1S/C20H21N3O5S/c1-26-15-4-3-13(9-16(15)27-2)14-11-29-19-18(14)20(25)23(12-21-19)10-17(24)22-5-7-28-8-6-22/h3-4,9,11-12H,5-8,10H2,1-2H3. The van der Waals surface area contributed by atoms with Crippen LogP contribution in [0.2, 0.25) is 0 Å². The minimum atomic E-state index is -0.234. The van der Waals surface area contributed by atoms with Crippen molar-refractivity contribution in [1.29, 1.82) is 0 Å². The minimum absolute atomic E-state index is 0.0387. The monoisotopic (exact) mass is 415 g/mol. The summed E-state index contributed by atoms with van der Waals surface area (Å²) in [5, 5.41) is 2.40. The van der Waals surface area contributed by atoms with E-state index in [0.717, 1.165) is 11.1 Å². The van der Waals surface area contributed by atoms with Crippen LogP contribution < -0.4 is 15.0 Å². The van der Waals surface area contributed by atoms with Crippen molar-refractivity contribution in [2.24, 2.45) is 0 Å². The topological polar surface area (TPSA) is 82.9 Å². The molecule has 0 aliphatic carbocycles. The number of carbonyl (C=O) groups excluding carboxylic acids is 1. The molecule has 1 aliphatic heterocycles. The fourth-order valence-electron chi connectivity index (χ4n) is 3.35. The molecule has 0 saturated carbocycles. The van der Waals surface area contributed by atoms with E-state index in [0.29, 0.717) is 48.0 Å². The lowest BCUT2D eigenvalue weighted by Crippen LogP contribution is -2.43. The lowest BCUT2D eigenvalue weighted by Gasteiger charge is -2.26. The number of rotatable bonds is 5. The molecule has 3 aromatic rings. The first-order valence-electron chi connectivity index (χ1n) is 9.17. The van der Waals surface area contributed by atoms with E-state index in [1.165, 1.54) is 22.2 Å². The summed E-state index contributed by atoms with van der Waals surface area (Å²) in [6, 6.07) is 5.50. The highest BCUT2D eigenvalue weighted by Crippen LogP contribution is 2.36. The van der Waals surface area contributed by atoms with Crippen LogP contribution in [0.5, 0.6) is 11.5 Å². The summed E-state index contributed by atoms with van der Waals surface area (Å²) >= 11 is 1.39. The van der Waals surface area contributed by atoms with Gasteiger partial charge in [-0.05, 0) is 17.7 Å². The molecule has 2 aromatic heterocycles. The Morgan fingerprint density at radius 1 is 1.21 bits per heavy atom. The van der Waals surface area contributed by atoms with Gasteiger partial charge in [0.1, 0.15) is 11.4 Å². The Morgan fingerprint density at radius 3 is 2.69 bits per heavy atom. The van der Waals surface area contributed by atoms with Crippen LogP contribution in [0, 0.1) is 0 Å². The van der Waals surface area contributed by atoms with Gasteiger partial charge in [-0.3, -0.25) is 14.2 Å². The first kappa shape index (κ1) is 19.4. The number of amides is 1. The Hall–Kier alpha value is -2.91. The van der Waals surface area contributed by atoms with E-state index in [4.69, 9.17) is 14.2 Å². The minimum Gasteiger partial charge on any atom is -0.493 e. The summed E-state index contributed by atoms with van der Waals surface area (Å²) in [6.07, 6.45) is 1.44. The lowest BCUT2D eigenvalue weighted by molar-refractivity contribution is -0.135. The third-order valence-corrected chi connectivity index (χ3v) is 5.81. The molecule has 3 heterocycles. The molecular weight excluding hydrogens is 394 g/mol. The van der Waals surface area contributed by atoms with E-state index >= 15 is 0 Å². The van der Waals surface area contributed by atoms with Crippen molar-refractivity contribution in [3.05, 3.63) is 40.3 Å². The van der Waals surface area contributed by atoms with Crippen LogP contribution in [-0.2, 0) is 16.1 Å². The van der Waals surface area contributed by atoms with Gasteiger partial charge < -0.3 is 19.1 Å². The van der Waals surface area contributed by atoms with Crippen molar-refractivity contribution in [1.82, 2.24) is 14.5 Å². The Labute approximate surface area is 171 Å². The van der Waals surface area contributed by atoms with Crippen LogP contribution in [0.15, 0.2) is 34.7 Å². The number of fused-ring (bicyclic) bond motifs is 1. The van der Waals surface area contributed by atoms with E-state index < -0.39 is 0 Å². The van der Waals surface area contributed by atoms with Crippen molar-refractivity contribution in [2.45, 2.75) is 6.54 Å². The molecule has 1 aliphatic rings. The fraction of sp³-hybridized carbons (Fsp3) is 0.350. The molecule has 29 heavy (non-hydrogen) atoms. The summed E-state index contributed by atoms with van der Waals surface area (Å²) in [4.78, 5) is 32.5. The Balaban J connectivity index is 1.71. The lowest BCUT2D eigenvalue weighted by atomic mass is 10.1. The maximum atomic E-state index is 13.2. The zero-order valence-electron chi connectivity index (χ0n) is 16.2. The van der Waals surface area contributed by atoms with Crippen LogP contribution in [0.25, 0.3) is 21.3 Å². The van der Waals surface area contributed by atoms with Gasteiger partial charge in [-0.1, -0.05) is 6.07 Å². The molecule has 1 fully saturated rings. The Morgan fingerprint density at radius 2 is 1.97 bits per heavy atom. The summed E-state index contributed by atoms with van der Waals surface area (Å²) in [6.45, 7) is 2.08. The van der Waals surface area contributed by atoms with Gasteiger partial charge in [0.15, 0.2) is 11.5 Å². The molecule has 0 bridgehead atoms. The number of methoxy groups -OCH3 is 2. The summed E-state index contributed by atoms with van der Waals surface area (Å²) in [5.74, 6) is 1.08. The van der Waals surface area contributed by atoms with Crippen LogP contribution in [0.3, 0.4) is 0 Å². The van der Waals surface area contributed by atoms with Gasteiger partial charge >= 0.3 is 0 Å². The van der Waals surface area contributed by atoms with Crippen molar-refractivity contribution in [2.75, 3.05) is 40.5 Å². The second-order valence-electron chi connectivity index (χ2n) is 6.57. The second-order valence-corrected chi connectivity index (χ2v) is 7.43. The molecular formula is C20H21N3O5S. The molecule has 0 spiro atoms. The zero-order chi connectivity index (χ0) is 20.4. The number of aromatic nitrogens is 2. The molecule has 1 saturated heterocycles. The highest BCUT2D eigenvalue weighted by molar-refractivity contribution is 7.17. The molecule has 1 amide bonds. The van der Waals surface area contributed by atoms with Gasteiger partial charge in [0.05, 0.1) is 39.1 Å². The van der Waals surface area contributed by atoms with Crippen molar-refractivity contribution < 1.29 is 19.0 Å². The number of morpholine rings is 1. The van der Waals surface area contributed by atoms with E-state index in [-0.39, 0.29) is 18.0 Å². The predicted molar refractivity (Wildman–Crippen MR) is 110 cm³/mol. The van der Waals surface area contributed by atoms with Gasteiger partial charge in [0.2, 0.25) is 5.91 Å². The smallest absolute Gasteiger partial charge is 0.263 e. The maximum absolute atomic E-state index is 13.2. The van der Waals surface area contributed by atoms with Crippen LogP contribution in [-0.4, -0.2) is 60.9 Å². The molecule has 0 radical (unpaired) electrons. The van der Waals surface area contributed by atoms with E-state index in [2.05, 4.69) is 4.98 Å². The molecule has 152 valence electrons. The van der Waals surface area contributed by atoms with Gasteiger partial charge in [-0.15, -0.1) is 11.3 Å². The molecule has 8 nitrogen and oxygen atoms in total. The van der Waals surface area contributed by atoms with Gasteiger partial charge in [0, 0.05) is 24.0 Å². The molecule has 4 rings (SSSR count). The van der Waals surface area contributed by atoms with E-state index in [1.54, 1.807) is 25.2 Å². The second kappa shape index (κ2) is 8.22. The quantitative estimate of drug-likeness (QED) is 0.634. The van der Waals surface area contributed by atoms with Crippen molar-refractivity contribution in [3.8, 4) is 22.6 Å². The number of hydrogen-bond donors (Lipinski definition) is 0. The Bertz CT molecular complexity index is 1100. The third kappa shape index (κ3) is 3.70. The summed E-state index contributed by atoms with van der Waals surface area (Å²) in [5.41, 5.74) is 1.35. The zero-order valence-corrected chi connectivity index (χ0v) is 17.0. The van der Waals surface area contributed by atoms with Crippen LogP contribution in [0.4, 0.5) is 0 Å². The van der Waals surface area contributed by atoms with Gasteiger partial charge in [0.25, 0.3) is 5.56 Å². The number of hydrogen-bond acceptors (Lipinski definition) is 7. The van der Waals surface area contributed by atoms with Crippen molar-refractivity contribution in [3.63, 3.8) is 0 Å². The third-order valence-electron chi connectivity index (χ3n) is 4.92. The van der Waals surface area contributed by atoms with Crippen LogP contribution in [0.1, 0.15) is 0 Å². The average Bonchev–Trinajstić information content (AvgIpc) is 3.20. The number of ether oxygens (including phenoxy) is 3. The first-order chi connectivity index (χ1) is 14.1. The largest absolute Gasteiger partial charge is 0.493 e. The molecule has 0 atom stereocenters. The van der Waals surface area contributed by atoms with Crippen LogP contribution >= 0.6 is 11.3 Å². The maximum Gasteiger partial charge on any atom is 0.263 e. The SMILES string of the molecule is COc1ccc(-c2csc3ncn(CC(=O)N4CCOCC4)c(=O)c23)cc1OC. The number of carbonyl (C=O) groups is 1. The van der Waals surface area contributed by atoms with E-state index in [1.807, 2.05) is 17.5 Å². The summed E-state index contributed by atoms with van der Waals surface area (Å²) in [7, 11) is 3.14. The average molecular weight is 415 g/mol. The molecule has 1 aromatic carbocycles. The fourth-order valence-corrected chi connectivity index (χ4v) is 4.26. The first-order valence-corrected chi connectivity index (χ1v) is 10.0.